The van der Waals surface area contributed by atoms with Gasteiger partial charge >= 0.3 is 0 Å². The quantitative estimate of drug-likeness (QED) is 0.756. The van der Waals surface area contributed by atoms with Crippen LogP contribution < -0.4 is 4.90 Å². The molecule has 2 rings (SSSR count). The molecule has 17 heavy (non-hydrogen) atoms. The standard InChI is InChI=1S/C13H20ClN3/c1-9-12(14)15-10(2)16-13(9)17(3)11-7-5-4-6-8-11/h11H,4-8H2,1-3H3. The summed E-state index contributed by atoms with van der Waals surface area (Å²) in [4.78, 5) is 11.0. The predicted molar refractivity (Wildman–Crippen MR) is 71.8 cm³/mol. The summed E-state index contributed by atoms with van der Waals surface area (Å²) in [5.41, 5.74) is 0.991. The molecule has 0 atom stereocenters. The van der Waals surface area contributed by atoms with Crippen molar-refractivity contribution in [2.24, 2.45) is 0 Å². The molecule has 0 radical (unpaired) electrons. The van der Waals surface area contributed by atoms with Gasteiger partial charge in [0.05, 0.1) is 0 Å². The summed E-state index contributed by atoms with van der Waals surface area (Å²) >= 11 is 6.12. The number of halogens is 1. The van der Waals surface area contributed by atoms with Crippen molar-refractivity contribution in [3.63, 3.8) is 0 Å². The molecule has 0 amide bonds. The van der Waals surface area contributed by atoms with Crippen LogP contribution >= 0.6 is 11.6 Å². The smallest absolute Gasteiger partial charge is 0.137 e. The lowest BCUT2D eigenvalue weighted by atomic mass is 9.94. The number of rotatable bonds is 2. The van der Waals surface area contributed by atoms with Gasteiger partial charge in [-0.15, -0.1) is 0 Å². The van der Waals surface area contributed by atoms with Crippen LogP contribution in [-0.4, -0.2) is 23.1 Å². The molecule has 0 aliphatic heterocycles. The van der Waals surface area contributed by atoms with E-state index in [2.05, 4.69) is 21.9 Å². The molecule has 0 saturated heterocycles. The van der Waals surface area contributed by atoms with Crippen LogP contribution in [0.2, 0.25) is 5.15 Å². The lowest BCUT2D eigenvalue weighted by Crippen LogP contribution is -2.34. The average Bonchev–Trinajstić information content (AvgIpc) is 2.34. The fourth-order valence-electron chi connectivity index (χ4n) is 2.56. The van der Waals surface area contributed by atoms with Crippen LogP contribution in [0.15, 0.2) is 0 Å². The summed E-state index contributed by atoms with van der Waals surface area (Å²) < 4.78 is 0. The van der Waals surface area contributed by atoms with Crippen molar-refractivity contribution in [2.75, 3.05) is 11.9 Å². The zero-order valence-electron chi connectivity index (χ0n) is 10.8. The highest BCUT2D eigenvalue weighted by atomic mass is 35.5. The van der Waals surface area contributed by atoms with Crippen LogP contribution in [0.5, 0.6) is 0 Å². The molecule has 1 fully saturated rings. The highest BCUT2D eigenvalue weighted by Gasteiger charge is 2.21. The lowest BCUT2D eigenvalue weighted by molar-refractivity contribution is 0.425. The normalized spacial score (nSPS) is 17.2. The predicted octanol–water partition coefficient (Wildman–Crippen LogP) is 3.52. The van der Waals surface area contributed by atoms with Crippen molar-refractivity contribution in [1.82, 2.24) is 9.97 Å². The molecule has 1 aliphatic rings. The van der Waals surface area contributed by atoms with E-state index in [4.69, 9.17) is 11.6 Å². The third-order valence-corrected chi connectivity index (χ3v) is 4.00. The number of hydrogen-bond acceptors (Lipinski definition) is 3. The Bertz CT molecular complexity index is 400. The molecule has 0 aromatic carbocycles. The van der Waals surface area contributed by atoms with Crippen LogP contribution in [0.1, 0.15) is 43.5 Å². The number of hydrogen-bond donors (Lipinski definition) is 0. The SMILES string of the molecule is Cc1nc(Cl)c(C)c(N(C)C2CCCCC2)n1. The van der Waals surface area contributed by atoms with Gasteiger partial charge in [0.2, 0.25) is 0 Å². The highest BCUT2D eigenvalue weighted by Crippen LogP contribution is 2.29. The Morgan fingerprint density at radius 3 is 2.41 bits per heavy atom. The Morgan fingerprint density at radius 2 is 1.76 bits per heavy atom. The van der Waals surface area contributed by atoms with Crippen molar-refractivity contribution >= 4 is 17.4 Å². The van der Waals surface area contributed by atoms with E-state index >= 15 is 0 Å². The van der Waals surface area contributed by atoms with Crippen molar-refractivity contribution in [3.05, 3.63) is 16.5 Å². The van der Waals surface area contributed by atoms with E-state index in [0.29, 0.717) is 11.2 Å². The van der Waals surface area contributed by atoms with Crippen molar-refractivity contribution in [1.29, 1.82) is 0 Å². The van der Waals surface area contributed by atoms with Crippen LogP contribution in [0, 0.1) is 13.8 Å². The summed E-state index contributed by atoms with van der Waals surface area (Å²) in [7, 11) is 2.13. The van der Waals surface area contributed by atoms with Gasteiger partial charge in [-0.25, -0.2) is 9.97 Å². The minimum atomic E-state index is 0.579. The second kappa shape index (κ2) is 5.21. The van der Waals surface area contributed by atoms with E-state index in [0.717, 1.165) is 17.2 Å². The van der Waals surface area contributed by atoms with Crippen LogP contribution in [0.4, 0.5) is 5.82 Å². The molecule has 1 saturated carbocycles. The lowest BCUT2D eigenvalue weighted by Gasteiger charge is -2.33. The maximum absolute atomic E-state index is 6.12. The van der Waals surface area contributed by atoms with Gasteiger partial charge in [-0.3, -0.25) is 0 Å². The van der Waals surface area contributed by atoms with Gasteiger partial charge in [0, 0.05) is 18.7 Å². The maximum atomic E-state index is 6.12. The monoisotopic (exact) mass is 253 g/mol. The van der Waals surface area contributed by atoms with Crippen LogP contribution in [0.3, 0.4) is 0 Å². The molecule has 0 spiro atoms. The Kier molecular flexibility index (Phi) is 3.87. The number of nitrogens with zero attached hydrogens (tertiary/aromatic N) is 3. The summed E-state index contributed by atoms with van der Waals surface area (Å²) in [6.07, 6.45) is 6.54. The van der Waals surface area contributed by atoms with E-state index in [1.165, 1.54) is 32.1 Å². The van der Waals surface area contributed by atoms with Crippen molar-refractivity contribution < 1.29 is 0 Å². The minimum absolute atomic E-state index is 0.579. The summed E-state index contributed by atoms with van der Waals surface area (Å²) in [6, 6.07) is 0.604. The number of anilines is 1. The molecule has 1 aromatic heterocycles. The first-order valence-corrected chi connectivity index (χ1v) is 6.71. The maximum Gasteiger partial charge on any atom is 0.137 e. The minimum Gasteiger partial charge on any atom is -0.356 e. The average molecular weight is 254 g/mol. The van der Waals surface area contributed by atoms with Gasteiger partial charge < -0.3 is 4.90 Å². The second-order valence-electron chi connectivity index (χ2n) is 4.91. The number of aryl methyl sites for hydroxylation is 1. The molecule has 94 valence electrons. The van der Waals surface area contributed by atoms with E-state index in [1.54, 1.807) is 0 Å². The van der Waals surface area contributed by atoms with Crippen LogP contribution in [-0.2, 0) is 0 Å². The first-order chi connectivity index (χ1) is 8.09. The fraction of sp³-hybridized carbons (Fsp3) is 0.692. The second-order valence-corrected chi connectivity index (χ2v) is 5.27. The first kappa shape index (κ1) is 12.6. The van der Waals surface area contributed by atoms with E-state index < -0.39 is 0 Å². The molecule has 1 aliphatic carbocycles. The molecule has 0 unspecified atom stereocenters. The van der Waals surface area contributed by atoms with Gasteiger partial charge in [0.1, 0.15) is 16.8 Å². The fourth-order valence-corrected chi connectivity index (χ4v) is 2.77. The Hall–Kier alpha value is -0.830. The van der Waals surface area contributed by atoms with E-state index in [-0.39, 0.29) is 0 Å². The van der Waals surface area contributed by atoms with Crippen molar-refractivity contribution in [2.45, 2.75) is 52.0 Å². The molecule has 0 bridgehead atoms. The molecule has 4 heteroatoms. The van der Waals surface area contributed by atoms with Gasteiger partial charge in [-0.2, -0.15) is 0 Å². The van der Waals surface area contributed by atoms with E-state index in [9.17, 15) is 0 Å². The largest absolute Gasteiger partial charge is 0.356 e. The summed E-state index contributed by atoms with van der Waals surface area (Å²) in [5.74, 6) is 1.74. The first-order valence-electron chi connectivity index (χ1n) is 6.33. The van der Waals surface area contributed by atoms with E-state index in [1.807, 2.05) is 13.8 Å². The van der Waals surface area contributed by atoms with Gasteiger partial charge in [-0.1, -0.05) is 30.9 Å². The molecule has 1 aromatic rings. The third kappa shape index (κ3) is 2.71. The Labute approximate surface area is 108 Å². The molecule has 1 heterocycles. The van der Waals surface area contributed by atoms with Gasteiger partial charge in [-0.05, 0) is 26.7 Å². The summed E-state index contributed by atoms with van der Waals surface area (Å²) in [6.45, 7) is 3.89. The topological polar surface area (TPSA) is 29.0 Å². The molecular weight excluding hydrogens is 234 g/mol. The van der Waals surface area contributed by atoms with Crippen LogP contribution in [0.25, 0.3) is 0 Å². The van der Waals surface area contributed by atoms with Crippen molar-refractivity contribution in [3.8, 4) is 0 Å². The van der Waals surface area contributed by atoms with Gasteiger partial charge in [0.15, 0.2) is 0 Å². The van der Waals surface area contributed by atoms with Gasteiger partial charge in [0.25, 0.3) is 0 Å². The molecule has 0 N–H and O–H groups in total. The molecular formula is C13H20ClN3. The summed E-state index contributed by atoms with van der Waals surface area (Å²) in [5, 5.41) is 0.579. The number of aromatic nitrogens is 2. The molecule has 3 nitrogen and oxygen atoms in total. The zero-order valence-corrected chi connectivity index (χ0v) is 11.6. The zero-order chi connectivity index (χ0) is 12.4. The third-order valence-electron chi connectivity index (χ3n) is 3.63. The Balaban J connectivity index is 2.26. The highest BCUT2D eigenvalue weighted by molar-refractivity contribution is 6.30. The Morgan fingerprint density at radius 1 is 1.12 bits per heavy atom.